The number of hydrogen-bond donors (Lipinski definition) is 0. The topological polar surface area (TPSA) is 20.3 Å². The Kier molecular flexibility index (Phi) is 3.84. The molecule has 0 bridgehead atoms. The molecule has 0 saturated heterocycles. The van der Waals surface area contributed by atoms with Crippen LogP contribution in [0.5, 0.6) is 0 Å². The minimum Gasteiger partial charge on any atom is -0.308 e. The number of thioether (sulfide) groups is 1. The monoisotopic (exact) mass is 295 g/mol. The van der Waals surface area contributed by atoms with Gasteiger partial charge in [-0.1, -0.05) is 30.3 Å². The average molecular weight is 295 g/mol. The standard InChI is InChI=1S/C18H17NOS/c1-3-19-17-7-5-4-6-15(17)16(18(19)20)12-13-8-10-14(21-2)11-9-13/h4-12H,3H2,1-2H3/b16-12-. The molecule has 0 aromatic heterocycles. The van der Waals surface area contributed by atoms with Crippen molar-refractivity contribution in [2.75, 3.05) is 17.7 Å². The molecule has 3 heteroatoms. The quantitative estimate of drug-likeness (QED) is 0.621. The number of benzene rings is 2. The fraction of sp³-hybridized carbons (Fsp3) is 0.167. The molecule has 21 heavy (non-hydrogen) atoms. The van der Waals surface area contributed by atoms with Crippen LogP contribution in [0.2, 0.25) is 0 Å². The zero-order valence-corrected chi connectivity index (χ0v) is 13.0. The van der Waals surface area contributed by atoms with Crippen molar-refractivity contribution in [1.29, 1.82) is 0 Å². The van der Waals surface area contributed by atoms with Gasteiger partial charge in [0.1, 0.15) is 0 Å². The first kappa shape index (κ1) is 14.0. The lowest BCUT2D eigenvalue weighted by Crippen LogP contribution is -2.25. The van der Waals surface area contributed by atoms with Crippen LogP contribution in [0.3, 0.4) is 0 Å². The van der Waals surface area contributed by atoms with Crippen LogP contribution in [-0.2, 0) is 4.79 Å². The van der Waals surface area contributed by atoms with E-state index in [4.69, 9.17) is 0 Å². The molecule has 1 heterocycles. The van der Waals surface area contributed by atoms with Gasteiger partial charge >= 0.3 is 0 Å². The summed E-state index contributed by atoms with van der Waals surface area (Å²) in [6.07, 6.45) is 4.05. The smallest absolute Gasteiger partial charge is 0.258 e. The number of rotatable bonds is 3. The van der Waals surface area contributed by atoms with Crippen molar-refractivity contribution in [3.05, 3.63) is 59.7 Å². The Morgan fingerprint density at radius 2 is 1.81 bits per heavy atom. The first-order valence-electron chi connectivity index (χ1n) is 7.01. The third-order valence-electron chi connectivity index (χ3n) is 3.70. The molecule has 0 atom stereocenters. The number of carbonyl (C=O) groups is 1. The van der Waals surface area contributed by atoms with E-state index in [1.54, 1.807) is 11.8 Å². The van der Waals surface area contributed by atoms with Crippen molar-refractivity contribution < 1.29 is 4.79 Å². The molecule has 0 spiro atoms. The largest absolute Gasteiger partial charge is 0.308 e. The maximum Gasteiger partial charge on any atom is 0.258 e. The Hall–Kier alpha value is -2.00. The van der Waals surface area contributed by atoms with Crippen molar-refractivity contribution in [2.45, 2.75) is 11.8 Å². The first-order chi connectivity index (χ1) is 10.2. The fourth-order valence-corrected chi connectivity index (χ4v) is 3.04. The Labute approximate surface area is 129 Å². The van der Waals surface area contributed by atoms with E-state index in [2.05, 4.69) is 30.5 Å². The molecule has 2 aromatic carbocycles. The first-order valence-corrected chi connectivity index (χ1v) is 8.24. The van der Waals surface area contributed by atoms with E-state index in [1.807, 2.05) is 42.2 Å². The fourth-order valence-electron chi connectivity index (χ4n) is 2.63. The highest BCUT2D eigenvalue weighted by Crippen LogP contribution is 2.37. The molecule has 0 saturated carbocycles. The lowest BCUT2D eigenvalue weighted by molar-refractivity contribution is -0.112. The van der Waals surface area contributed by atoms with Crippen molar-refractivity contribution in [3.63, 3.8) is 0 Å². The summed E-state index contributed by atoms with van der Waals surface area (Å²) < 4.78 is 0. The molecule has 3 rings (SSSR count). The number of hydrogen-bond acceptors (Lipinski definition) is 2. The highest BCUT2D eigenvalue weighted by molar-refractivity contribution is 7.98. The highest BCUT2D eigenvalue weighted by Gasteiger charge is 2.30. The number of carbonyl (C=O) groups excluding carboxylic acids is 1. The second-order valence-corrected chi connectivity index (χ2v) is 5.78. The van der Waals surface area contributed by atoms with Crippen LogP contribution in [0.4, 0.5) is 5.69 Å². The molecule has 0 radical (unpaired) electrons. The number of anilines is 1. The summed E-state index contributed by atoms with van der Waals surface area (Å²) in [5, 5.41) is 0. The van der Waals surface area contributed by atoms with Gasteiger partial charge in [0.15, 0.2) is 0 Å². The average Bonchev–Trinajstić information content (AvgIpc) is 2.80. The number of para-hydroxylation sites is 1. The minimum atomic E-state index is 0.0904. The van der Waals surface area contributed by atoms with Crippen LogP contribution in [0.15, 0.2) is 53.4 Å². The zero-order valence-electron chi connectivity index (χ0n) is 12.2. The number of likely N-dealkylation sites (N-methyl/N-ethyl adjacent to an activating group) is 1. The molecule has 0 fully saturated rings. The van der Waals surface area contributed by atoms with Crippen molar-refractivity contribution in [2.24, 2.45) is 0 Å². The maximum atomic E-state index is 12.6. The number of fused-ring (bicyclic) bond motifs is 1. The Morgan fingerprint density at radius 1 is 1.10 bits per heavy atom. The van der Waals surface area contributed by atoms with Crippen LogP contribution >= 0.6 is 11.8 Å². The molecule has 0 unspecified atom stereocenters. The van der Waals surface area contributed by atoms with Gasteiger partial charge in [0.2, 0.25) is 0 Å². The van der Waals surface area contributed by atoms with Gasteiger partial charge in [0, 0.05) is 22.6 Å². The summed E-state index contributed by atoms with van der Waals surface area (Å²) in [6.45, 7) is 2.70. The Morgan fingerprint density at radius 3 is 2.48 bits per heavy atom. The van der Waals surface area contributed by atoms with Gasteiger partial charge in [-0.3, -0.25) is 4.79 Å². The summed E-state index contributed by atoms with van der Waals surface area (Å²) in [6, 6.07) is 16.3. The number of amides is 1. The zero-order chi connectivity index (χ0) is 14.8. The van der Waals surface area contributed by atoms with Crippen molar-refractivity contribution in [1.82, 2.24) is 0 Å². The summed E-state index contributed by atoms with van der Waals surface area (Å²) in [7, 11) is 0. The van der Waals surface area contributed by atoms with E-state index >= 15 is 0 Å². The van der Waals surface area contributed by atoms with E-state index in [0.29, 0.717) is 6.54 Å². The third-order valence-corrected chi connectivity index (χ3v) is 4.45. The molecule has 1 aliphatic rings. The summed E-state index contributed by atoms with van der Waals surface area (Å²) in [5.41, 5.74) is 3.88. The van der Waals surface area contributed by atoms with Gasteiger partial charge in [0.05, 0.1) is 5.69 Å². The molecular weight excluding hydrogens is 278 g/mol. The summed E-state index contributed by atoms with van der Waals surface area (Å²) >= 11 is 1.72. The molecule has 2 nitrogen and oxygen atoms in total. The maximum absolute atomic E-state index is 12.6. The summed E-state index contributed by atoms with van der Waals surface area (Å²) in [4.78, 5) is 15.6. The Bertz CT molecular complexity index is 703. The van der Waals surface area contributed by atoms with Gasteiger partial charge in [-0.15, -0.1) is 11.8 Å². The molecule has 0 N–H and O–H groups in total. The molecule has 1 amide bonds. The van der Waals surface area contributed by atoms with E-state index in [0.717, 1.165) is 22.4 Å². The van der Waals surface area contributed by atoms with E-state index < -0.39 is 0 Å². The second kappa shape index (κ2) is 5.78. The normalized spacial score (nSPS) is 15.6. The molecular formula is C18H17NOS. The van der Waals surface area contributed by atoms with E-state index in [9.17, 15) is 4.79 Å². The number of nitrogens with zero attached hydrogens (tertiary/aromatic N) is 1. The lowest BCUT2D eigenvalue weighted by Gasteiger charge is -2.13. The predicted molar refractivity (Wildman–Crippen MR) is 90.6 cm³/mol. The summed E-state index contributed by atoms with van der Waals surface area (Å²) in [5.74, 6) is 0.0904. The van der Waals surface area contributed by atoms with Crippen LogP contribution in [-0.4, -0.2) is 18.7 Å². The van der Waals surface area contributed by atoms with Crippen molar-refractivity contribution in [3.8, 4) is 0 Å². The SMILES string of the molecule is CCN1C(=O)/C(=C\c2ccc(SC)cc2)c2ccccc21. The van der Waals surface area contributed by atoms with Crippen molar-refractivity contribution >= 4 is 35.0 Å². The molecule has 2 aromatic rings. The van der Waals surface area contributed by atoms with Gasteiger partial charge in [-0.25, -0.2) is 0 Å². The van der Waals surface area contributed by atoms with Crippen LogP contribution in [0.1, 0.15) is 18.1 Å². The van der Waals surface area contributed by atoms with E-state index in [1.165, 1.54) is 4.90 Å². The van der Waals surface area contributed by atoms with Crippen LogP contribution in [0.25, 0.3) is 11.6 Å². The van der Waals surface area contributed by atoms with Gasteiger partial charge in [-0.05, 0) is 43.0 Å². The van der Waals surface area contributed by atoms with Crippen LogP contribution < -0.4 is 4.90 Å². The molecule has 106 valence electrons. The van der Waals surface area contributed by atoms with Crippen LogP contribution in [0, 0.1) is 0 Å². The van der Waals surface area contributed by atoms with Gasteiger partial charge < -0.3 is 4.90 Å². The van der Waals surface area contributed by atoms with Gasteiger partial charge in [0.25, 0.3) is 5.91 Å². The molecule has 0 aliphatic carbocycles. The van der Waals surface area contributed by atoms with Gasteiger partial charge in [-0.2, -0.15) is 0 Å². The highest BCUT2D eigenvalue weighted by atomic mass is 32.2. The van der Waals surface area contributed by atoms with E-state index in [-0.39, 0.29) is 5.91 Å². The minimum absolute atomic E-state index is 0.0904. The molecule has 1 aliphatic heterocycles. The second-order valence-electron chi connectivity index (χ2n) is 4.90. The lowest BCUT2D eigenvalue weighted by atomic mass is 10.0. The Balaban J connectivity index is 2.05. The third kappa shape index (κ3) is 2.49. The predicted octanol–water partition coefficient (Wildman–Crippen LogP) is 4.32.